The molecule has 10 aromatic rings. The fourth-order valence-corrected chi connectivity index (χ4v) is 9.29. The Bertz CT molecular complexity index is 3160. The third kappa shape index (κ3) is 7.41. The zero-order chi connectivity index (χ0) is 43.8. The number of benzene rings is 4. The Kier molecular flexibility index (Phi) is 10.1. The lowest BCUT2D eigenvalue weighted by Gasteiger charge is -2.21. The number of pyridine rings is 4. The van der Waals surface area contributed by atoms with Gasteiger partial charge >= 0.3 is 0 Å². The SMILES string of the molecule is [c-]1n(-c2ccccc2N2CCCC2)c2ccccc2[n+]1-c1cncc(Oc2ccnc(-c3cc(Oc4cncc(-[n+]5[c-]n(-c6ccccc6N6CCCC6)c6ccccc65)c4)ccn3)c2)c1. The van der Waals surface area contributed by atoms with E-state index >= 15 is 0 Å². The predicted molar refractivity (Wildman–Crippen MR) is 253 cm³/mol. The number of ether oxygens (including phenoxy) is 2. The summed E-state index contributed by atoms with van der Waals surface area (Å²) in [7, 11) is 0. The van der Waals surface area contributed by atoms with Crippen molar-refractivity contribution >= 4 is 33.4 Å². The maximum Gasteiger partial charge on any atom is 0.269 e. The van der Waals surface area contributed by atoms with Crippen molar-refractivity contribution in [1.82, 2.24) is 29.1 Å². The number of fused-ring (bicyclic) bond motifs is 2. The van der Waals surface area contributed by atoms with Gasteiger partial charge in [0, 0.05) is 74.5 Å². The molecule has 12 heteroatoms. The summed E-state index contributed by atoms with van der Waals surface area (Å²) in [6, 6.07) is 45.2. The van der Waals surface area contributed by atoms with E-state index in [1.165, 1.54) is 37.1 Å². The molecule has 2 fully saturated rings. The van der Waals surface area contributed by atoms with Crippen LogP contribution in [0.5, 0.6) is 23.0 Å². The molecule has 2 aliphatic rings. The highest BCUT2D eigenvalue weighted by molar-refractivity contribution is 5.79. The van der Waals surface area contributed by atoms with Crippen molar-refractivity contribution in [2.45, 2.75) is 25.7 Å². The molecular formula is C54H44N10O2. The van der Waals surface area contributed by atoms with Gasteiger partial charge in [-0.3, -0.25) is 38.2 Å². The number of imidazole rings is 2. The fourth-order valence-electron chi connectivity index (χ4n) is 9.29. The average Bonchev–Trinajstić information content (AvgIpc) is 4.22. The van der Waals surface area contributed by atoms with Crippen molar-refractivity contribution in [2.24, 2.45) is 0 Å². The summed E-state index contributed by atoms with van der Waals surface area (Å²) in [5, 5.41) is 0. The summed E-state index contributed by atoms with van der Waals surface area (Å²) in [5.41, 5.74) is 11.6. The molecular weight excluding hydrogens is 821 g/mol. The standard InChI is InChI=1S/C54H44N10O2/c1-3-15-49(47(13-1)59-25-9-10-26-59)63-37-61(51-17-5-7-19-53(51)63)39-29-43(35-55-33-39)65-41-21-23-57-45(31-41)46-32-42(22-24-58-46)66-44-30-40(34-56-36-44)62-38-64(54-20-8-6-18-52(54)62)50-16-4-2-14-48(50)60-27-11-12-28-60/h1-8,13-24,29-36H,9-12,25-28H2. The quantitative estimate of drug-likeness (QED) is 0.0938. The van der Waals surface area contributed by atoms with Gasteiger partial charge in [0.25, 0.3) is 12.7 Å². The van der Waals surface area contributed by atoms with Crippen molar-refractivity contribution in [1.29, 1.82) is 0 Å². The fraction of sp³-hybridized carbons (Fsp3) is 0.148. The topological polar surface area (TPSA) is 94.1 Å². The lowest BCUT2D eigenvalue weighted by atomic mass is 10.2. The lowest BCUT2D eigenvalue weighted by Crippen LogP contribution is -2.29. The second-order valence-corrected chi connectivity index (χ2v) is 16.6. The first-order valence-electron chi connectivity index (χ1n) is 22.5. The van der Waals surface area contributed by atoms with E-state index in [4.69, 9.17) is 9.47 Å². The van der Waals surface area contributed by atoms with E-state index in [1.54, 1.807) is 24.8 Å². The van der Waals surface area contributed by atoms with Crippen LogP contribution in [0.4, 0.5) is 11.4 Å². The summed E-state index contributed by atoms with van der Waals surface area (Å²) in [6.45, 7) is 4.22. The van der Waals surface area contributed by atoms with Crippen molar-refractivity contribution in [2.75, 3.05) is 36.0 Å². The smallest absolute Gasteiger partial charge is 0.269 e. The number of hydrogen-bond acceptors (Lipinski definition) is 8. The second kappa shape index (κ2) is 17.0. The van der Waals surface area contributed by atoms with Crippen LogP contribution in [0.15, 0.2) is 171 Å². The third-order valence-electron chi connectivity index (χ3n) is 12.4. The highest BCUT2D eigenvalue weighted by atomic mass is 16.5. The van der Waals surface area contributed by atoms with Gasteiger partial charge in [0.05, 0.1) is 68.6 Å². The molecule has 2 saturated heterocycles. The Hall–Kier alpha value is -8.38. The Morgan fingerprint density at radius 2 is 0.833 bits per heavy atom. The summed E-state index contributed by atoms with van der Waals surface area (Å²) in [4.78, 5) is 23.4. The molecule has 0 atom stereocenters. The molecule has 66 heavy (non-hydrogen) atoms. The first-order valence-corrected chi connectivity index (χ1v) is 22.5. The molecule has 0 spiro atoms. The number of aromatic nitrogens is 8. The monoisotopic (exact) mass is 864 g/mol. The molecule has 0 radical (unpaired) electrons. The predicted octanol–water partition coefficient (Wildman–Crippen LogP) is 9.76. The molecule has 322 valence electrons. The molecule has 4 aromatic carbocycles. The van der Waals surface area contributed by atoms with Gasteiger partial charge in [-0.25, -0.2) is 0 Å². The zero-order valence-electron chi connectivity index (χ0n) is 36.1. The summed E-state index contributed by atoms with van der Waals surface area (Å²) in [5.74, 6) is 2.34. The van der Waals surface area contributed by atoms with Crippen LogP contribution >= 0.6 is 0 Å². The second-order valence-electron chi connectivity index (χ2n) is 16.6. The van der Waals surface area contributed by atoms with E-state index in [0.717, 1.165) is 71.0 Å². The first-order chi connectivity index (χ1) is 32.7. The third-order valence-corrected chi connectivity index (χ3v) is 12.4. The molecule has 12 nitrogen and oxygen atoms in total. The maximum atomic E-state index is 6.45. The minimum atomic E-state index is 0.575. The van der Waals surface area contributed by atoms with Crippen LogP contribution in [-0.4, -0.2) is 55.2 Å². The Morgan fingerprint density at radius 3 is 1.29 bits per heavy atom. The van der Waals surface area contributed by atoms with Gasteiger partial charge in [0.15, 0.2) is 0 Å². The summed E-state index contributed by atoms with van der Waals surface area (Å²) >= 11 is 0. The number of rotatable bonds is 11. The van der Waals surface area contributed by atoms with Crippen LogP contribution < -0.4 is 28.4 Å². The summed E-state index contributed by atoms with van der Waals surface area (Å²) < 4.78 is 21.3. The molecule has 2 aliphatic heterocycles. The highest BCUT2D eigenvalue weighted by Crippen LogP contribution is 2.33. The lowest BCUT2D eigenvalue weighted by molar-refractivity contribution is -0.573. The van der Waals surface area contributed by atoms with E-state index in [0.29, 0.717) is 34.4 Å². The molecule has 0 N–H and O–H groups in total. The van der Waals surface area contributed by atoms with Crippen LogP contribution in [0.3, 0.4) is 0 Å². The molecule has 0 aliphatic carbocycles. The van der Waals surface area contributed by atoms with Gasteiger partial charge in [-0.15, -0.1) is 0 Å². The maximum absolute atomic E-state index is 6.45. The van der Waals surface area contributed by atoms with Crippen LogP contribution in [0.1, 0.15) is 25.7 Å². The molecule has 0 saturated carbocycles. The Labute approximate surface area is 381 Å². The summed E-state index contributed by atoms with van der Waals surface area (Å²) in [6.07, 6.45) is 22.6. The van der Waals surface area contributed by atoms with Crippen molar-refractivity contribution in [3.63, 3.8) is 0 Å². The van der Waals surface area contributed by atoms with E-state index in [-0.39, 0.29) is 0 Å². The Balaban J connectivity index is 0.798. The number of hydrogen-bond donors (Lipinski definition) is 0. The van der Waals surface area contributed by atoms with Crippen LogP contribution in [-0.2, 0) is 0 Å². The van der Waals surface area contributed by atoms with Gasteiger partial charge in [0.2, 0.25) is 0 Å². The molecule has 8 heterocycles. The number of anilines is 2. The molecule has 0 amide bonds. The number of para-hydroxylation sites is 8. The van der Waals surface area contributed by atoms with Crippen LogP contribution in [0.2, 0.25) is 0 Å². The minimum absolute atomic E-state index is 0.575. The molecule has 6 aromatic heterocycles. The minimum Gasteiger partial charge on any atom is -0.456 e. The molecule has 12 rings (SSSR count). The molecule has 0 unspecified atom stereocenters. The highest BCUT2D eigenvalue weighted by Gasteiger charge is 2.22. The van der Waals surface area contributed by atoms with E-state index in [9.17, 15) is 0 Å². The first kappa shape index (κ1) is 39.2. The van der Waals surface area contributed by atoms with Gasteiger partial charge < -0.3 is 19.3 Å². The van der Waals surface area contributed by atoms with Gasteiger partial charge in [0.1, 0.15) is 23.0 Å². The van der Waals surface area contributed by atoms with E-state index in [2.05, 4.69) is 136 Å². The van der Waals surface area contributed by atoms with Gasteiger partial charge in [-0.2, -0.15) is 0 Å². The normalized spacial score (nSPS) is 13.8. The van der Waals surface area contributed by atoms with E-state index < -0.39 is 0 Å². The van der Waals surface area contributed by atoms with Crippen molar-refractivity contribution < 1.29 is 18.6 Å². The van der Waals surface area contributed by atoms with Gasteiger partial charge in [-0.05, 0) is 74.2 Å². The van der Waals surface area contributed by atoms with Crippen LogP contribution in [0, 0.1) is 12.7 Å². The van der Waals surface area contributed by atoms with Crippen LogP contribution in [0.25, 0.3) is 56.2 Å². The van der Waals surface area contributed by atoms with Crippen molar-refractivity contribution in [3.05, 3.63) is 183 Å². The zero-order valence-corrected chi connectivity index (χ0v) is 36.1. The average molecular weight is 865 g/mol. The van der Waals surface area contributed by atoms with Crippen molar-refractivity contribution in [3.8, 4) is 57.1 Å². The Morgan fingerprint density at radius 1 is 0.424 bits per heavy atom. The van der Waals surface area contributed by atoms with Gasteiger partial charge in [-0.1, -0.05) is 72.8 Å². The molecule has 0 bridgehead atoms. The van der Waals surface area contributed by atoms with E-state index in [1.807, 2.05) is 70.1 Å². The largest absolute Gasteiger partial charge is 0.456 e. The number of nitrogens with zero attached hydrogens (tertiary/aromatic N) is 10.